The maximum Gasteiger partial charge on any atom is 0.279 e. The standard InChI is InChI=1S/C19H21FN2O/c1-22(13-19(23)21-16-11-9-15(20)10-12-16)18-8-4-6-14-5-2-3-7-17(14)18/h2-3,5,7,9-12,18H,4,6,8,13H2,1H3,(H,21,23)/p+1/t18-/m0/s1. The predicted molar refractivity (Wildman–Crippen MR) is 88.9 cm³/mol. The van der Waals surface area contributed by atoms with Gasteiger partial charge in [-0.1, -0.05) is 24.3 Å². The van der Waals surface area contributed by atoms with Crippen molar-refractivity contribution >= 4 is 11.6 Å². The molecule has 1 aliphatic rings. The Balaban J connectivity index is 1.64. The number of quaternary nitrogens is 1. The van der Waals surface area contributed by atoms with Gasteiger partial charge in [-0.2, -0.15) is 0 Å². The summed E-state index contributed by atoms with van der Waals surface area (Å²) in [4.78, 5) is 13.4. The monoisotopic (exact) mass is 313 g/mol. The molecule has 0 saturated carbocycles. The molecule has 1 unspecified atom stereocenters. The normalized spacial score (nSPS) is 18.1. The van der Waals surface area contributed by atoms with Gasteiger partial charge >= 0.3 is 0 Å². The molecule has 0 saturated heterocycles. The lowest BCUT2D eigenvalue weighted by Gasteiger charge is -2.30. The number of carbonyl (C=O) groups is 1. The third-order valence-electron chi connectivity index (χ3n) is 4.53. The second kappa shape index (κ2) is 6.92. The van der Waals surface area contributed by atoms with Crippen molar-refractivity contribution in [2.24, 2.45) is 0 Å². The second-order valence-electron chi connectivity index (χ2n) is 6.22. The molecule has 0 aliphatic heterocycles. The van der Waals surface area contributed by atoms with E-state index in [0.717, 1.165) is 12.8 Å². The Bertz CT molecular complexity index is 684. The van der Waals surface area contributed by atoms with E-state index in [-0.39, 0.29) is 11.7 Å². The zero-order valence-corrected chi connectivity index (χ0v) is 13.3. The highest BCUT2D eigenvalue weighted by molar-refractivity contribution is 5.91. The highest BCUT2D eigenvalue weighted by Gasteiger charge is 2.27. The highest BCUT2D eigenvalue weighted by Crippen LogP contribution is 2.27. The largest absolute Gasteiger partial charge is 0.323 e. The molecular formula is C19H22FN2O+. The fraction of sp³-hybridized carbons (Fsp3) is 0.316. The van der Waals surface area contributed by atoms with Gasteiger partial charge in [-0.05, 0) is 42.7 Å². The van der Waals surface area contributed by atoms with Crippen LogP contribution >= 0.6 is 0 Å². The number of fused-ring (bicyclic) bond motifs is 1. The molecule has 1 aliphatic carbocycles. The minimum atomic E-state index is -0.301. The van der Waals surface area contributed by atoms with Crippen LogP contribution in [0.3, 0.4) is 0 Å². The van der Waals surface area contributed by atoms with Crippen molar-refractivity contribution < 1.29 is 14.1 Å². The van der Waals surface area contributed by atoms with Crippen LogP contribution in [0.15, 0.2) is 48.5 Å². The Morgan fingerprint density at radius 2 is 1.96 bits per heavy atom. The van der Waals surface area contributed by atoms with Crippen molar-refractivity contribution in [2.45, 2.75) is 25.3 Å². The summed E-state index contributed by atoms with van der Waals surface area (Å²) >= 11 is 0. The molecule has 4 heteroatoms. The maximum atomic E-state index is 12.9. The van der Waals surface area contributed by atoms with E-state index in [1.54, 1.807) is 12.1 Å². The molecule has 2 N–H and O–H groups in total. The van der Waals surface area contributed by atoms with Gasteiger partial charge in [0.05, 0.1) is 7.05 Å². The Labute approximate surface area is 136 Å². The molecule has 120 valence electrons. The molecule has 0 heterocycles. The second-order valence-corrected chi connectivity index (χ2v) is 6.22. The van der Waals surface area contributed by atoms with Gasteiger partial charge in [-0.25, -0.2) is 4.39 Å². The number of hydrogen-bond donors (Lipinski definition) is 2. The number of rotatable bonds is 4. The third kappa shape index (κ3) is 3.77. The lowest BCUT2D eigenvalue weighted by Crippen LogP contribution is -3.10. The summed E-state index contributed by atoms with van der Waals surface area (Å²) in [5.41, 5.74) is 3.40. The number of anilines is 1. The number of likely N-dealkylation sites (N-methyl/N-ethyl adjacent to an activating group) is 1. The first-order valence-electron chi connectivity index (χ1n) is 8.09. The van der Waals surface area contributed by atoms with Crippen LogP contribution in [0.2, 0.25) is 0 Å². The fourth-order valence-corrected chi connectivity index (χ4v) is 3.38. The molecule has 0 spiro atoms. The van der Waals surface area contributed by atoms with Gasteiger partial charge in [0, 0.05) is 17.7 Å². The molecule has 2 aromatic rings. The first kappa shape index (κ1) is 15.7. The van der Waals surface area contributed by atoms with E-state index < -0.39 is 0 Å². The van der Waals surface area contributed by atoms with Crippen LogP contribution in [0.4, 0.5) is 10.1 Å². The molecular weight excluding hydrogens is 291 g/mol. The van der Waals surface area contributed by atoms with Crippen LogP contribution in [0.1, 0.15) is 30.0 Å². The van der Waals surface area contributed by atoms with E-state index in [9.17, 15) is 9.18 Å². The fourth-order valence-electron chi connectivity index (χ4n) is 3.38. The summed E-state index contributed by atoms with van der Waals surface area (Å²) in [5, 5.41) is 2.84. The van der Waals surface area contributed by atoms with Gasteiger partial charge in [-0.3, -0.25) is 4.79 Å². The zero-order chi connectivity index (χ0) is 16.2. The number of hydrogen-bond acceptors (Lipinski definition) is 1. The van der Waals surface area contributed by atoms with Crippen molar-refractivity contribution in [1.29, 1.82) is 0 Å². The predicted octanol–water partition coefficient (Wildman–Crippen LogP) is 2.36. The molecule has 3 rings (SSSR count). The van der Waals surface area contributed by atoms with Crippen LogP contribution in [-0.2, 0) is 11.2 Å². The summed E-state index contributed by atoms with van der Waals surface area (Å²) in [5.74, 6) is -0.346. The van der Waals surface area contributed by atoms with E-state index in [2.05, 4.69) is 36.6 Å². The molecule has 0 bridgehead atoms. The molecule has 0 aromatic heterocycles. The first-order chi connectivity index (χ1) is 11.1. The van der Waals surface area contributed by atoms with Gasteiger partial charge in [-0.15, -0.1) is 0 Å². The van der Waals surface area contributed by atoms with Crippen molar-refractivity contribution in [3.63, 3.8) is 0 Å². The summed E-state index contributed by atoms with van der Waals surface area (Å²) in [6, 6.07) is 14.7. The lowest BCUT2D eigenvalue weighted by molar-refractivity contribution is -0.905. The van der Waals surface area contributed by atoms with E-state index in [0.29, 0.717) is 18.3 Å². The van der Waals surface area contributed by atoms with E-state index in [4.69, 9.17) is 0 Å². The quantitative estimate of drug-likeness (QED) is 0.892. The first-order valence-corrected chi connectivity index (χ1v) is 8.09. The summed E-state index contributed by atoms with van der Waals surface area (Å²) in [6.07, 6.45) is 3.40. The van der Waals surface area contributed by atoms with Gasteiger partial charge in [0.25, 0.3) is 5.91 Å². The molecule has 0 fully saturated rings. The average molecular weight is 313 g/mol. The summed E-state index contributed by atoms with van der Waals surface area (Å²) in [7, 11) is 2.07. The Morgan fingerprint density at radius 3 is 2.74 bits per heavy atom. The molecule has 2 aromatic carbocycles. The molecule has 1 amide bonds. The minimum Gasteiger partial charge on any atom is -0.323 e. The van der Waals surface area contributed by atoms with E-state index in [1.165, 1.54) is 34.6 Å². The van der Waals surface area contributed by atoms with Gasteiger partial charge in [0.1, 0.15) is 11.9 Å². The van der Waals surface area contributed by atoms with Crippen LogP contribution in [0.25, 0.3) is 0 Å². The maximum absolute atomic E-state index is 12.9. The number of aryl methyl sites for hydroxylation is 1. The summed E-state index contributed by atoms with van der Waals surface area (Å²) < 4.78 is 12.9. The highest BCUT2D eigenvalue weighted by atomic mass is 19.1. The lowest BCUT2D eigenvalue weighted by atomic mass is 9.87. The molecule has 2 atom stereocenters. The van der Waals surface area contributed by atoms with Crippen molar-refractivity contribution in [1.82, 2.24) is 0 Å². The molecule has 0 radical (unpaired) electrons. The van der Waals surface area contributed by atoms with Crippen LogP contribution in [-0.4, -0.2) is 19.5 Å². The Kier molecular flexibility index (Phi) is 4.72. The number of benzene rings is 2. The van der Waals surface area contributed by atoms with E-state index >= 15 is 0 Å². The van der Waals surface area contributed by atoms with Crippen LogP contribution in [0.5, 0.6) is 0 Å². The number of halogens is 1. The van der Waals surface area contributed by atoms with Gasteiger partial charge < -0.3 is 10.2 Å². The molecule has 3 nitrogen and oxygen atoms in total. The number of amides is 1. The number of nitrogens with one attached hydrogen (secondary N) is 2. The minimum absolute atomic E-state index is 0.0443. The van der Waals surface area contributed by atoms with Crippen molar-refractivity contribution in [3.05, 3.63) is 65.5 Å². The van der Waals surface area contributed by atoms with Crippen molar-refractivity contribution in [3.8, 4) is 0 Å². The smallest absolute Gasteiger partial charge is 0.279 e. The van der Waals surface area contributed by atoms with Crippen LogP contribution in [0, 0.1) is 5.82 Å². The topological polar surface area (TPSA) is 33.5 Å². The molecule has 23 heavy (non-hydrogen) atoms. The Hall–Kier alpha value is -2.20. The zero-order valence-electron chi connectivity index (χ0n) is 13.3. The average Bonchev–Trinajstić information content (AvgIpc) is 2.56. The Morgan fingerprint density at radius 1 is 1.22 bits per heavy atom. The van der Waals surface area contributed by atoms with Crippen molar-refractivity contribution in [2.75, 3.05) is 18.9 Å². The van der Waals surface area contributed by atoms with Crippen LogP contribution < -0.4 is 10.2 Å². The van der Waals surface area contributed by atoms with Gasteiger partial charge in [0.2, 0.25) is 0 Å². The van der Waals surface area contributed by atoms with E-state index in [1.807, 2.05) is 0 Å². The number of carbonyl (C=O) groups excluding carboxylic acids is 1. The third-order valence-corrected chi connectivity index (χ3v) is 4.53. The van der Waals surface area contributed by atoms with Gasteiger partial charge in [0.15, 0.2) is 6.54 Å². The summed E-state index contributed by atoms with van der Waals surface area (Å²) in [6.45, 7) is 0.399. The SMILES string of the molecule is C[NH+](CC(=O)Nc1ccc(F)cc1)[C@H]1CCCc2ccccc21.